The first-order valence-electron chi connectivity index (χ1n) is 12.5. The van der Waals surface area contributed by atoms with Crippen molar-refractivity contribution in [2.45, 2.75) is 102 Å². The average Bonchev–Trinajstić information content (AvgIpc) is 2.81. The molecule has 5 nitrogen and oxygen atoms in total. The number of carbonyl (C=O) groups excluding carboxylic acids is 1. The minimum atomic E-state index is -3.39. The number of sulfone groups is 1. The van der Waals surface area contributed by atoms with Crippen LogP contribution in [0, 0.1) is 17.2 Å². The monoisotopic (exact) mass is 460 g/mol. The van der Waals surface area contributed by atoms with Crippen LogP contribution >= 0.6 is 0 Å². The van der Waals surface area contributed by atoms with Crippen LogP contribution < -0.4 is 4.90 Å². The first-order valence-corrected chi connectivity index (χ1v) is 14.1. The lowest BCUT2D eigenvalue weighted by Gasteiger charge is -2.25. The van der Waals surface area contributed by atoms with Crippen LogP contribution in [0.3, 0.4) is 0 Å². The van der Waals surface area contributed by atoms with Gasteiger partial charge in [-0.3, -0.25) is 4.79 Å². The molecule has 1 atom stereocenters. The van der Waals surface area contributed by atoms with Gasteiger partial charge in [-0.05, 0) is 55.4 Å². The van der Waals surface area contributed by atoms with E-state index in [9.17, 15) is 13.2 Å². The second-order valence-corrected chi connectivity index (χ2v) is 11.1. The summed E-state index contributed by atoms with van der Waals surface area (Å²) in [4.78, 5) is 15.0. The van der Waals surface area contributed by atoms with Crippen LogP contribution in [0.15, 0.2) is 23.1 Å². The van der Waals surface area contributed by atoms with Gasteiger partial charge in [0.15, 0.2) is 9.84 Å². The van der Waals surface area contributed by atoms with Crippen molar-refractivity contribution in [2.75, 3.05) is 17.2 Å². The Kier molecular flexibility index (Phi) is 11.2. The third-order valence-electron chi connectivity index (χ3n) is 6.53. The molecule has 1 amide bonds. The molecule has 1 aromatic carbocycles. The molecule has 0 spiro atoms. The molecule has 1 heterocycles. The third-order valence-corrected chi connectivity index (χ3v) is 8.42. The second kappa shape index (κ2) is 13.6. The van der Waals surface area contributed by atoms with Gasteiger partial charge >= 0.3 is 0 Å². The Morgan fingerprint density at radius 1 is 1.06 bits per heavy atom. The Balaban J connectivity index is 2.34. The number of nitriles is 1. The van der Waals surface area contributed by atoms with Crippen LogP contribution in [-0.4, -0.2) is 26.6 Å². The fourth-order valence-electron chi connectivity index (χ4n) is 4.51. The summed E-state index contributed by atoms with van der Waals surface area (Å²) in [6.45, 7) is 4.58. The molecule has 0 bridgehead atoms. The van der Waals surface area contributed by atoms with Gasteiger partial charge in [0, 0.05) is 18.7 Å². The van der Waals surface area contributed by atoms with E-state index in [1.807, 2.05) is 0 Å². The fraction of sp³-hybridized carbons (Fsp3) is 0.692. The quantitative estimate of drug-likeness (QED) is 0.389. The van der Waals surface area contributed by atoms with E-state index in [0.717, 1.165) is 81.9 Å². The maximum atomic E-state index is 13.2. The number of benzene rings is 1. The minimum Gasteiger partial charge on any atom is -0.311 e. The molecule has 0 N–H and O–H groups in total. The molecule has 6 heteroatoms. The molecule has 2 rings (SSSR count). The SMILES string of the molecule is CCCCCC(CC)CS(=O)(=O)c1ccc2c(c1)CCCCCCCC(=O)N2CCC#N. The van der Waals surface area contributed by atoms with Crippen LogP contribution in [0.1, 0.15) is 96.5 Å². The molecule has 0 aliphatic carbocycles. The number of hydrogen-bond donors (Lipinski definition) is 0. The Labute approximate surface area is 195 Å². The average molecular weight is 461 g/mol. The lowest BCUT2D eigenvalue weighted by molar-refractivity contribution is -0.118. The van der Waals surface area contributed by atoms with Crippen molar-refractivity contribution >= 4 is 21.4 Å². The summed E-state index contributed by atoms with van der Waals surface area (Å²) in [6.07, 6.45) is 11.7. The van der Waals surface area contributed by atoms with Crippen molar-refractivity contribution in [2.24, 2.45) is 5.92 Å². The van der Waals surface area contributed by atoms with E-state index >= 15 is 0 Å². The Morgan fingerprint density at radius 3 is 2.47 bits per heavy atom. The zero-order valence-electron chi connectivity index (χ0n) is 19.9. The topological polar surface area (TPSA) is 78.2 Å². The summed E-state index contributed by atoms with van der Waals surface area (Å²) in [5.74, 6) is 0.391. The van der Waals surface area contributed by atoms with Gasteiger partial charge in [-0.1, -0.05) is 58.8 Å². The fourth-order valence-corrected chi connectivity index (χ4v) is 6.32. The number of rotatable bonds is 10. The third kappa shape index (κ3) is 7.92. The van der Waals surface area contributed by atoms with Gasteiger partial charge in [0.1, 0.15) is 0 Å². The van der Waals surface area contributed by atoms with Gasteiger partial charge in [0.05, 0.1) is 23.1 Å². The molecule has 178 valence electrons. The van der Waals surface area contributed by atoms with Crippen molar-refractivity contribution in [1.82, 2.24) is 0 Å². The number of fused-ring (bicyclic) bond motifs is 1. The number of nitrogens with zero attached hydrogens (tertiary/aromatic N) is 2. The molecular formula is C26H40N2O3S. The first-order chi connectivity index (χ1) is 15.4. The smallest absolute Gasteiger partial charge is 0.227 e. The highest BCUT2D eigenvalue weighted by Gasteiger charge is 2.24. The summed E-state index contributed by atoms with van der Waals surface area (Å²) in [6, 6.07) is 7.40. The van der Waals surface area contributed by atoms with Gasteiger partial charge in [0.2, 0.25) is 5.91 Å². The number of hydrogen-bond acceptors (Lipinski definition) is 4. The summed E-state index contributed by atoms with van der Waals surface area (Å²) in [5, 5.41) is 9.07. The number of unbranched alkanes of at least 4 members (excludes halogenated alkanes) is 2. The van der Waals surface area contributed by atoms with E-state index in [1.54, 1.807) is 23.1 Å². The van der Waals surface area contributed by atoms with Crippen LogP contribution in [-0.2, 0) is 21.1 Å². The summed E-state index contributed by atoms with van der Waals surface area (Å²) >= 11 is 0. The van der Waals surface area contributed by atoms with Gasteiger partial charge in [-0.15, -0.1) is 0 Å². The van der Waals surface area contributed by atoms with Gasteiger partial charge in [-0.2, -0.15) is 5.26 Å². The molecule has 1 aliphatic rings. The maximum absolute atomic E-state index is 13.2. The molecule has 0 saturated carbocycles. The molecule has 0 saturated heterocycles. The predicted molar refractivity (Wildman–Crippen MR) is 130 cm³/mol. The molecule has 32 heavy (non-hydrogen) atoms. The van der Waals surface area contributed by atoms with E-state index in [4.69, 9.17) is 5.26 Å². The van der Waals surface area contributed by atoms with Crippen molar-refractivity contribution in [1.29, 1.82) is 5.26 Å². The number of aryl methyl sites for hydroxylation is 1. The Hall–Kier alpha value is -1.87. The lowest BCUT2D eigenvalue weighted by atomic mass is 10.0. The first kappa shape index (κ1) is 26.4. The highest BCUT2D eigenvalue weighted by atomic mass is 32.2. The summed E-state index contributed by atoms with van der Waals surface area (Å²) < 4.78 is 26.5. The molecule has 0 fully saturated rings. The molecule has 1 aliphatic heterocycles. The summed E-state index contributed by atoms with van der Waals surface area (Å²) in [7, 11) is -3.39. The number of anilines is 1. The predicted octanol–water partition coefficient (Wildman–Crippen LogP) is 6.21. The van der Waals surface area contributed by atoms with Crippen molar-refractivity contribution in [3.63, 3.8) is 0 Å². The highest BCUT2D eigenvalue weighted by Crippen LogP contribution is 2.30. The molecular weight excluding hydrogens is 420 g/mol. The molecule has 1 unspecified atom stereocenters. The van der Waals surface area contributed by atoms with Gasteiger partial charge in [0.25, 0.3) is 0 Å². The zero-order valence-corrected chi connectivity index (χ0v) is 20.8. The standard InChI is InChI=1S/C26H40N2O3S/c1-3-5-9-13-22(4-2)21-32(30,31)24-16-17-25-23(20-24)14-10-7-6-8-11-15-26(29)28(25)19-12-18-27/h16-17,20,22H,3-15,19,21H2,1-2H3. The highest BCUT2D eigenvalue weighted by molar-refractivity contribution is 7.91. The van der Waals surface area contributed by atoms with Crippen LogP contribution in [0.25, 0.3) is 0 Å². The van der Waals surface area contributed by atoms with Crippen molar-refractivity contribution in [3.05, 3.63) is 23.8 Å². The molecule has 0 aromatic heterocycles. The zero-order chi connectivity index (χ0) is 23.4. The van der Waals surface area contributed by atoms with Crippen LogP contribution in [0.4, 0.5) is 5.69 Å². The maximum Gasteiger partial charge on any atom is 0.227 e. The van der Waals surface area contributed by atoms with Gasteiger partial charge in [-0.25, -0.2) is 8.42 Å². The van der Waals surface area contributed by atoms with Crippen molar-refractivity contribution in [3.8, 4) is 6.07 Å². The summed E-state index contributed by atoms with van der Waals surface area (Å²) in [5.41, 5.74) is 1.69. The lowest BCUT2D eigenvalue weighted by Crippen LogP contribution is -2.32. The van der Waals surface area contributed by atoms with E-state index < -0.39 is 9.84 Å². The normalized spacial score (nSPS) is 16.7. The van der Waals surface area contributed by atoms with E-state index in [-0.39, 0.29) is 24.0 Å². The van der Waals surface area contributed by atoms with Crippen LogP contribution in [0.2, 0.25) is 0 Å². The van der Waals surface area contributed by atoms with Crippen molar-refractivity contribution < 1.29 is 13.2 Å². The largest absolute Gasteiger partial charge is 0.311 e. The number of carbonyl (C=O) groups is 1. The van der Waals surface area contributed by atoms with Crippen LogP contribution in [0.5, 0.6) is 0 Å². The number of amides is 1. The van der Waals surface area contributed by atoms with E-state index in [2.05, 4.69) is 19.9 Å². The minimum absolute atomic E-state index is 0.0287. The Morgan fingerprint density at radius 2 is 1.78 bits per heavy atom. The van der Waals surface area contributed by atoms with E-state index in [0.29, 0.717) is 17.9 Å². The molecule has 1 aromatic rings. The Bertz CT molecular complexity index is 874. The van der Waals surface area contributed by atoms with Gasteiger partial charge < -0.3 is 4.90 Å². The second-order valence-electron chi connectivity index (χ2n) is 9.06. The van der Waals surface area contributed by atoms with E-state index in [1.165, 1.54) is 0 Å². The molecule has 0 radical (unpaired) electrons.